The van der Waals surface area contributed by atoms with Gasteiger partial charge in [0.2, 0.25) is 0 Å². The summed E-state index contributed by atoms with van der Waals surface area (Å²) in [5.41, 5.74) is 3.51. The van der Waals surface area contributed by atoms with Crippen LogP contribution in [0.1, 0.15) is 28.7 Å². The Morgan fingerprint density at radius 2 is 2.04 bits per heavy atom. The van der Waals surface area contributed by atoms with Gasteiger partial charge in [-0.2, -0.15) is 5.10 Å². The van der Waals surface area contributed by atoms with E-state index in [1.54, 1.807) is 24.3 Å². The van der Waals surface area contributed by atoms with Gasteiger partial charge in [-0.25, -0.2) is 4.79 Å². The molecule has 0 unspecified atom stereocenters. The monoisotopic (exact) mass is 328 g/mol. The van der Waals surface area contributed by atoms with Crippen LogP contribution in [0.2, 0.25) is 0 Å². The quantitative estimate of drug-likeness (QED) is 0.585. The van der Waals surface area contributed by atoms with E-state index in [1.165, 1.54) is 0 Å². The maximum Gasteiger partial charge on any atom is 0.319 e. The second-order valence-electron chi connectivity index (χ2n) is 5.48. The molecule has 0 saturated carbocycles. The SMILES string of the molecule is CCNC(=O)Nc1cccc(NC(=O)c2n[nH]c3c2CNCC3)c1. The van der Waals surface area contributed by atoms with Gasteiger partial charge >= 0.3 is 6.03 Å². The summed E-state index contributed by atoms with van der Waals surface area (Å²) < 4.78 is 0. The number of aromatic nitrogens is 2. The van der Waals surface area contributed by atoms with Gasteiger partial charge in [-0.05, 0) is 25.1 Å². The molecular weight excluding hydrogens is 308 g/mol. The first-order chi connectivity index (χ1) is 11.7. The normalized spacial score (nSPS) is 13.0. The predicted molar refractivity (Wildman–Crippen MR) is 91.1 cm³/mol. The Morgan fingerprint density at radius 3 is 2.83 bits per heavy atom. The fraction of sp³-hybridized carbons (Fsp3) is 0.312. The number of H-pyrrole nitrogens is 1. The molecule has 126 valence electrons. The van der Waals surface area contributed by atoms with Crippen LogP contribution in [0, 0.1) is 0 Å². The van der Waals surface area contributed by atoms with Crippen molar-refractivity contribution in [2.24, 2.45) is 0 Å². The van der Waals surface area contributed by atoms with Crippen molar-refractivity contribution in [3.05, 3.63) is 41.2 Å². The lowest BCUT2D eigenvalue weighted by Crippen LogP contribution is -2.28. The molecule has 5 N–H and O–H groups in total. The highest BCUT2D eigenvalue weighted by molar-refractivity contribution is 6.04. The summed E-state index contributed by atoms with van der Waals surface area (Å²) in [7, 11) is 0. The van der Waals surface area contributed by atoms with Gasteiger partial charge < -0.3 is 21.3 Å². The number of aromatic amines is 1. The first-order valence-corrected chi connectivity index (χ1v) is 7.90. The summed E-state index contributed by atoms with van der Waals surface area (Å²) in [6.45, 7) is 3.90. The molecule has 1 aromatic carbocycles. The molecule has 0 bridgehead atoms. The van der Waals surface area contributed by atoms with Crippen molar-refractivity contribution in [1.29, 1.82) is 0 Å². The molecule has 3 amide bonds. The molecule has 0 fully saturated rings. The topological polar surface area (TPSA) is 111 Å². The highest BCUT2D eigenvalue weighted by Gasteiger charge is 2.21. The van der Waals surface area contributed by atoms with Crippen LogP contribution in [-0.2, 0) is 13.0 Å². The van der Waals surface area contributed by atoms with Crippen LogP contribution in [0.3, 0.4) is 0 Å². The van der Waals surface area contributed by atoms with Crippen molar-refractivity contribution in [1.82, 2.24) is 20.8 Å². The highest BCUT2D eigenvalue weighted by Crippen LogP contribution is 2.19. The number of fused-ring (bicyclic) bond motifs is 1. The number of nitrogens with zero attached hydrogens (tertiary/aromatic N) is 1. The van der Waals surface area contributed by atoms with E-state index in [-0.39, 0.29) is 11.9 Å². The zero-order valence-corrected chi connectivity index (χ0v) is 13.4. The molecule has 0 atom stereocenters. The van der Waals surface area contributed by atoms with E-state index >= 15 is 0 Å². The summed E-state index contributed by atoms with van der Waals surface area (Å²) >= 11 is 0. The van der Waals surface area contributed by atoms with Crippen LogP contribution in [0.5, 0.6) is 0 Å². The fourth-order valence-electron chi connectivity index (χ4n) is 2.61. The lowest BCUT2D eigenvalue weighted by Gasteiger charge is -2.13. The van der Waals surface area contributed by atoms with Gasteiger partial charge in [-0.1, -0.05) is 6.07 Å². The standard InChI is InChI=1S/C16H20N6O2/c1-2-18-16(24)20-11-5-3-4-10(8-11)19-15(23)14-12-9-17-7-6-13(12)21-22-14/h3-5,8,17H,2,6-7,9H2,1H3,(H,19,23)(H,21,22)(H2,18,20,24). The summed E-state index contributed by atoms with van der Waals surface area (Å²) in [4.78, 5) is 24.0. The Balaban J connectivity index is 1.70. The molecule has 24 heavy (non-hydrogen) atoms. The number of benzene rings is 1. The van der Waals surface area contributed by atoms with Gasteiger partial charge in [-0.15, -0.1) is 0 Å². The maximum atomic E-state index is 12.5. The number of rotatable bonds is 4. The second-order valence-corrected chi connectivity index (χ2v) is 5.48. The summed E-state index contributed by atoms with van der Waals surface area (Å²) in [6.07, 6.45) is 0.835. The number of urea groups is 1. The van der Waals surface area contributed by atoms with Gasteiger partial charge in [0.15, 0.2) is 5.69 Å². The minimum atomic E-state index is -0.284. The third kappa shape index (κ3) is 3.54. The lowest BCUT2D eigenvalue weighted by molar-refractivity contribution is 0.102. The van der Waals surface area contributed by atoms with Gasteiger partial charge in [0.25, 0.3) is 5.91 Å². The number of hydrogen-bond acceptors (Lipinski definition) is 4. The molecule has 1 aliphatic rings. The van der Waals surface area contributed by atoms with Gasteiger partial charge in [-0.3, -0.25) is 9.89 Å². The minimum absolute atomic E-state index is 0.272. The molecular formula is C16H20N6O2. The van der Waals surface area contributed by atoms with Crippen molar-refractivity contribution in [2.75, 3.05) is 23.7 Å². The van der Waals surface area contributed by atoms with E-state index in [0.717, 1.165) is 24.2 Å². The van der Waals surface area contributed by atoms with E-state index in [9.17, 15) is 9.59 Å². The first kappa shape index (κ1) is 16.0. The van der Waals surface area contributed by atoms with Crippen LogP contribution in [0.25, 0.3) is 0 Å². The number of amides is 3. The largest absolute Gasteiger partial charge is 0.338 e. The predicted octanol–water partition coefficient (Wildman–Crippen LogP) is 1.45. The average molecular weight is 328 g/mol. The molecule has 1 aliphatic heterocycles. The zero-order valence-electron chi connectivity index (χ0n) is 13.4. The van der Waals surface area contributed by atoms with Crippen molar-refractivity contribution >= 4 is 23.3 Å². The minimum Gasteiger partial charge on any atom is -0.338 e. The summed E-state index contributed by atoms with van der Waals surface area (Å²) in [5, 5.41) is 18.5. The van der Waals surface area contributed by atoms with Crippen LogP contribution < -0.4 is 21.3 Å². The number of carbonyl (C=O) groups excluding carboxylic acids is 2. The Kier molecular flexibility index (Phi) is 4.76. The molecule has 0 spiro atoms. The molecule has 8 nitrogen and oxygen atoms in total. The van der Waals surface area contributed by atoms with Crippen LogP contribution >= 0.6 is 0 Å². The van der Waals surface area contributed by atoms with Crippen molar-refractivity contribution in [3.63, 3.8) is 0 Å². The molecule has 0 aliphatic carbocycles. The Bertz CT molecular complexity index is 755. The lowest BCUT2D eigenvalue weighted by atomic mass is 10.1. The van der Waals surface area contributed by atoms with Crippen LogP contribution in [0.4, 0.5) is 16.2 Å². The van der Waals surface area contributed by atoms with Crippen molar-refractivity contribution < 1.29 is 9.59 Å². The zero-order chi connectivity index (χ0) is 16.9. The highest BCUT2D eigenvalue weighted by atomic mass is 16.2. The Hall–Kier alpha value is -2.87. The third-order valence-electron chi connectivity index (χ3n) is 3.74. The molecule has 3 rings (SSSR count). The first-order valence-electron chi connectivity index (χ1n) is 7.90. The van der Waals surface area contributed by atoms with Gasteiger partial charge in [0.05, 0.1) is 0 Å². The second kappa shape index (κ2) is 7.14. The van der Waals surface area contributed by atoms with Crippen LogP contribution in [-0.4, -0.2) is 35.2 Å². The number of nitrogens with one attached hydrogen (secondary N) is 5. The smallest absolute Gasteiger partial charge is 0.319 e. The Morgan fingerprint density at radius 1 is 1.25 bits per heavy atom. The number of anilines is 2. The van der Waals surface area contributed by atoms with Gasteiger partial charge in [0, 0.05) is 48.7 Å². The van der Waals surface area contributed by atoms with E-state index in [4.69, 9.17) is 0 Å². The summed E-state index contributed by atoms with van der Waals surface area (Å²) in [5.74, 6) is -0.272. The third-order valence-corrected chi connectivity index (χ3v) is 3.74. The molecule has 2 heterocycles. The van der Waals surface area contributed by atoms with Crippen molar-refractivity contribution in [2.45, 2.75) is 19.9 Å². The molecule has 0 radical (unpaired) electrons. The Labute approximate surface area is 139 Å². The van der Waals surface area contributed by atoms with E-state index < -0.39 is 0 Å². The van der Waals surface area contributed by atoms with E-state index in [0.29, 0.717) is 30.2 Å². The van der Waals surface area contributed by atoms with E-state index in [1.807, 2.05) is 6.92 Å². The number of hydrogen-bond donors (Lipinski definition) is 5. The molecule has 1 aromatic heterocycles. The maximum absolute atomic E-state index is 12.5. The molecule has 2 aromatic rings. The van der Waals surface area contributed by atoms with E-state index in [2.05, 4.69) is 31.5 Å². The number of carbonyl (C=O) groups is 2. The van der Waals surface area contributed by atoms with Gasteiger partial charge in [0.1, 0.15) is 0 Å². The summed E-state index contributed by atoms with van der Waals surface area (Å²) in [6, 6.07) is 6.69. The van der Waals surface area contributed by atoms with Crippen molar-refractivity contribution in [3.8, 4) is 0 Å². The van der Waals surface area contributed by atoms with Crippen LogP contribution in [0.15, 0.2) is 24.3 Å². The molecule has 8 heteroatoms. The fourth-order valence-corrected chi connectivity index (χ4v) is 2.61. The average Bonchev–Trinajstić information content (AvgIpc) is 2.99. The molecule has 0 saturated heterocycles.